The predicted molar refractivity (Wildman–Crippen MR) is 85.1 cm³/mol. The van der Waals surface area contributed by atoms with E-state index in [1.165, 1.54) is 17.7 Å². The van der Waals surface area contributed by atoms with Crippen LogP contribution in [0.1, 0.15) is 5.56 Å². The summed E-state index contributed by atoms with van der Waals surface area (Å²) in [7, 11) is -4.00. The normalized spacial score (nSPS) is 9.65. The van der Waals surface area contributed by atoms with E-state index in [2.05, 4.69) is 18.7 Å². The van der Waals surface area contributed by atoms with E-state index in [4.69, 9.17) is 4.55 Å². The first-order valence-corrected chi connectivity index (χ1v) is 7.15. The second-order valence-corrected chi connectivity index (χ2v) is 5.19. The van der Waals surface area contributed by atoms with Crippen molar-refractivity contribution in [2.75, 3.05) is 0 Å². The fraction of sp³-hybridized carbons (Fsp3) is 0.0667. The Balaban J connectivity index is 0.000000345. The van der Waals surface area contributed by atoms with Crippen molar-refractivity contribution in [3.63, 3.8) is 0 Å². The van der Waals surface area contributed by atoms with Gasteiger partial charge in [-0.3, -0.25) is 4.55 Å². The van der Waals surface area contributed by atoms with Crippen molar-refractivity contribution in [2.45, 2.75) is 11.3 Å². The standard InChI is InChI=1S/C9H10.C6H6O3S.Ca.2H/c1-2-6-9-7-4-3-5-8-9;7-10(8,9)6-4-2-1-3-5-6;;;/h2-5,7-8H,1,6H2;1-5H,(H,7,8,9);;;. The molecule has 0 heterocycles. The molecular formula is C15H18CaO3S. The molecule has 20 heavy (non-hydrogen) atoms. The number of benzene rings is 2. The summed E-state index contributed by atoms with van der Waals surface area (Å²) in [5, 5.41) is 0. The predicted octanol–water partition coefficient (Wildman–Crippen LogP) is 2.43. The Morgan fingerprint density at radius 2 is 1.40 bits per heavy atom. The van der Waals surface area contributed by atoms with Crippen molar-refractivity contribution in [1.82, 2.24) is 0 Å². The summed E-state index contributed by atoms with van der Waals surface area (Å²) in [4.78, 5) is -0.0741. The monoisotopic (exact) mass is 318 g/mol. The van der Waals surface area contributed by atoms with Gasteiger partial charge in [0.15, 0.2) is 0 Å². The molecule has 0 saturated heterocycles. The molecule has 0 saturated carbocycles. The average Bonchev–Trinajstić information content (AvgIpc) is 2.41. The van der Waals surface area contributed by atoms with E-state index < -0.39 is 10.1 Å². The van der Waals surface area contributed by atoms with Gasteiger partial charge < -0.3 is 0 Å². The molecule has 0 aliphatic carbocycles. The van der Waals surface area contributed by atoms with E-state index in [0.29, 0.717) is 0 Å². The zero-order chi connectivity index (χ0) is 14.1. The van der Waals surface area contributed by atoms with Crippen LogP contribution in [0.15, 0.2) is 78.2 Å². The molecule has 2 rings (SSSR count). The molecule has 0 aliphatic rings. The third-order valence-corrected chi connectivity index (χ3v) is 3.13. The topological polar surface area (TPSA) is 54.4 Å². The van der Waals surface area contributed by atoms with Crippen molar-refractivity contribution < 1.29 is 13.0 Å². The van der Waals surface area contributed by atoms with Gasteiger partial charge in [0, 0.05) is 0 Å². The quantitative estimate of drug-likeness (QED) is 0.537. The van der Waals surface area contributed by atoms with E-state index in [1.54, 1.807) is 18.2 Å². The Morgan fingerprint density at radius 3 is 1.75 bits per heavy atom. The molecule has 0 amide bonds. The summed E-state index contributed by atoms with van der Waals surface area (Å²) in [6.45, 7) is 3.66. The number of hydrogen-bond donors (Lipinski definition) is 1. The van der Waals surface area contributed by atoms with Crippen molar-refractivity contribution in [3.05, 3.63) is 78.9 Å². The van der Waals surface area contributed by atoms with Crippen molar-refractivity contribution >= 4 is 47.9 Å². The van der Waals surface area contributed by atoms with Gasteiger partial charge in [0.1, 0.15) is 0 Å². The van der Waals surface area contributed by atoms with Crippen molar-refractivity contribution in [1.29, 1.82) is 0 Å². The molecule has 104 valence electrons. The summed E-state index contributed by atoms with van der Waals surface area (Å²) >= 11 is 0. The molecule has 2 aromatic carbocycles. The van der Waals surface area contributed by atoms with Gasteiger partial charge in [-0.2, -0.15) is 8.42 Å². The second kappa shape index (κ2) is 10.1. The second-order valence-electron chi connectivity index (χ2n) is 3.77. The van der Waals surface area contributed by atoms with Crippen LogP contribution in [0.3, 0.4) is 0 Å². The summed E-state index contributed by atoms with van der Waals surface area (Å²) in [5.41, 5.74) is 1.33. The van der Waals surface area contributed by atoms with Crippen LogP contribution in [0.2, 0.25) is 0 Å². The van der Waals surface area contributed by atoms with Crippen LogP contribution in [0.5, 0.6) is 0 Å². The molecule has 0 radical (unpaired) electrons. The summed E-state index contributed by atoms with van der Waals surface area (Å²) < 4.78 is 29.2. The van der Waals surface area contributed by atoms with Crippen molar-refractivity contribution in [2.24, 2.45) is 0 Å². The van der Waals surface area contributed by atoms with Gasteiger partial charge in [0.2, 0.25) is 0 Å². The van der Waals surface area contributed by atoms with Crippen LogP contribution >= 0.6 is 0 Å². The molecule has 0 aliphatic heterocycles. The van der Waals surface area contributed by atoms with Crippen LogP contribution in [0.4, 0.5) is 0 Å². The zero-order valence-corrected chi connectivity index (χ0v) is 11.3. The minimum atomic E-state index is -4.00. The molecule has 0 aromatic heterocycles. The molecule has 0 atom stereocenters. The fourth-order valence-electron chi connectivity index (χ4n) is 1.37. The van der Waals surface area contributed by atoms with Gasteiger partial charge >= 0.3 is 37.7 Å². The Hall–Kier alpha value is -0.650. The maximum atomic E-state index is 10.4. The van der Waals surface area contributed by atoms with Crippen LogP contribution < -0.4 is 0 Å². The molecule has 1 N–H and O–H groups in total. The van der Waals surface area contributed by atoms with E-state index >= 15 is 0 Å². The third-order valence-electron chi connectivity index (χ3n) is 2.26. The first-order valence-electron chi connectivity index (χ1n) is 5.71. The van der Waals surface area contributed by atoms with Gasteiger partial charge in [0.25, 0.3) is 10.1 Å². The van der Waals surface area contributed by atoms with Crippen LogP contribution in [0, 0.1) is 0 Å². The Bertz CT molecular complexity index is 596. The molecule has 0 fully saturated rings. The molecule has 0 unspecified atom stereocenters. The van der Waals surface area contributed by atoms with E-state index in [0.717, 1.165) is 6.42 Å². The molecule has 0 spiro atoms. The number of allylic oxidation sites excluding steroid dienone is 1. The van der Waals surface area contributed by atoms with Gasteiger partial charge in [-0.1, -0.05) is 54.6 Å². The summed E-state index contributed by atoms with van der Waals surface area (Å²) in [5.74, 6) is 0. The SMILES string of the molecule is C=CCc1ccccc1.O=S(=O)(O)c1ccccc1.[CaH2]. The van der Waals surface area contributed by atoms with E-state index in [1.807, 2.05) is 24.3 Å². The Kier molecular flexibility index (Phi) is 9.80. The number of rotatable bonds is 3. The Morgan fingerprint density at radius 1 is 0.950 bits per heavy atom. The van der Waals surface area contributed by atoms with E-state index in [9.17, 15) is 8.42 Å². The molecular weight excluding hydrogens is 300 g/mol. The van der Waals surface area contributed by atoms with Gasteiger partial charge in [-0.15, -0.1) is 6.58 Å². The average molecular weight is 318 g/mol. The Labute approximate surface area is 150 Å². The molecule has 5 heteroatoms. The fourth-order valence-corrected chi connectivity index (χ4v) is 1.87. The van der Waals surface area contributed by atoms with Crippen LogP contribution in [0.25, 0.3) is 0 Å². The van der Waals surface area contributed by atoms with Crippen LogP contribution in [-0.4, -0.2) is 50.7 Å². The molecule has 2 aromatic rings. The minimum absolute atomic E-state index is 0. The van der Waals surface area contributed by atoms with Gasteiger partial charge in [-0.25, -0.2) is 0 Å². The first kappa shape index (κ1) is 19.3. The maximum absolute atomic E-state index is 10.4. The summed E-state index contributed by atoms with van der Waals surface area (Å²) in [6, 6.07) is 17.7. The zero-order valence-electron chi connectivity index (χ0n) is 10.4. The van der Waals surface area contributed by atoms with Gasteiger partial charge in [0.05, 0.1) is 4.90 Å². The van der Waals surface area contributed by atoms with Crippen LogP contribution in [-0.2, 0) is 16.5 Å². The first-order chi connectivity index (χ1) is 9.04. The molecule has 3 nitrogen and oxygen atoms in total. The van der Waals surface area contributed by atoms with Gasteiger partial charge in [-0.05, 0) is 24.1 Å². The van der Waals surface area contributed by atoms with Crippen molar-refractivity contribution in [3.8, 4) is 0 Å². The number of hydrogen-bond acceptors (Lipinski definition) is 2. The van der Waals surface area contributed by atoms with E-state index in [-0.39, 0.29) is 42.6 Å². The molecule has 0 bridgehead atoms. The summed E-state index contributed by atoms with van der Waals surface area (Å²) in [6.07, 6.45) is 2.89. The third kappa shape index (κ3) is 7.82.